The number of carbonyl (C=O) groups excluding carboxylic acids is 1. The lowest BCUT2D eigenvalue weighted by atomic mass is 10.1. The van der Waals surface area contributed by atoms with Crippen molar-refractivity contribution in [1.82, 2.24) is 5.32 Å². The highest BCUT2D eigenvalue weighted by molar-refractivity contribution is 8.13. The topological polar surface area (TPSA) is 63.2 Å². The maximum absolute atomic E-state index is 11.8. The Morgan fingerprint density at radius 1 is 1.41 bits per heavy atom. The van der Waals surface area contributed by atoms with Crippen LogP contribution in [-0.4, -0.2) is 19.9 Å². The number of nitrogens with one attached hydrogen (secondary N) is 1. The van der Waals surface area contributed by atoms with Crippen LogP contribution in [0, 0.1) is 6.92 Å². The lowest BCUT2D eigenvalue weighted by Gasteiger charge is -2.19. The summed E-state index contributed by atoms with van der Waals surface area (Å²) in [6.45, 7) is 7.17. The van der Waals surface area contributed by atoms with Gasteiger partial charge in [0.25, 0.3) is 15.0 Å². The zero-order valence-electron chi connectivity index (χ0n) is 10.00. The second-order valence-electron chi connectivity index (χ2n) is 4.67. The zero-order valence-corrected chi connectivity index (χ0v) is 12.4. The van der Waals surface area contributed by atoms with Gasteiger partial charge in [-0.25, -0.2) is 8.42 Å². The third kappa shape index (κ3) is 3.97. The Labute approximate surface area is 109 Å². The van der Waals surface area contributed by atoms with E-state index in [1.54, 1.807) is 6.92 Å². The van der Waals surface area contributed by atoms with E-state index in [9.17, 15) is 13.2 Å². The maximum atomic E-state index is 11.8. The molecule has 0 unspecified atom stereocenters. The van der Waals surface area contributed by atoms with Gasteiger partial charge in [0.15, 0.2) is 0 Å². The van der Waals surface area contributed by atoms with Gasteiger partial charge in [-0.05, 0) is 33.8 Å². The largest absolute Gasteiger partial charge is 0.347 e. The fraction of sp³-hybridized carbons (Fsp3) is 0.500. The van der Waals surface area contributed by atoms with E-state index in [0.717, 1.165) is 11.3 Å². The number of hydrogen-bond acceptors (Lipinski definition) is 4. The predicted molar refractivity (Wildman–Crippen MR) is 69.3 cm³/mol. The average molecular weight is 296 g/mol. The number of aryl methyl sites for hydroxylation is 1. The van der Waals surface area contributed by atoms with Crippen LogP contribution in [0.4, 0.5) is 0 Å². The van der Waals surface area contributed by atoms with Crippen molar-refractivity contribution in [2.75, 3.05) is 0 Å². The van der Waals surface area contributed by atoms with Crippen LogP contribution in [-0.2, 0) is 9.05 Å². The lowest BCUT2D eigenvalue weighted by molar-refractivity contribution is 0.0923. The summed E-state index contributed by atoms with van der Waals surface area (Å²) in [5, 5.41) is 2.76. The Bertz CT molecular complexity index is 540. The molecular weight excluding hydrogens is 282 g/mol. The normalized spacial score (nSPS) is 12.5. The summed E-state index contributed by atoms with van der Waals surface area (Å²) in [6, 6.07) is 1.31. The molecule has 0 aliphatic carbocycles. The molecule has 0 saturated carbocycles. The van der Waals surface area contributed by atoms with Crippen molar-refractivity contribution in [3.63, 3.8) is 0 Å². The van der Waals surface area contributed by atoms with E-state index in [0.29, 0.717) is 9.75 Å². The highest BCUT2D eigenvalue weighted by atomic mass is 35.7. The van der Waals surface area contributed by atoms with Gasteiger partial charge < -0.3 is 5.32 Å². The Hall–Kier alpha value is -0.590. The molecule has 17 heavy (non-hydrogen) atoms. The molecule has 0 fully saturated rings. The maximum Gasteiger partial charge on any atom is 0.262 e. The van der Waals surface area contributed by atoms with Crippen LogP contribution in [0.2, 0.25) is 0 Å². The van der Waals surface area contributed by atoms with E-state index in [4.69, 9.17) is 10.7 Å². The van der Waals surface area contributed by atoms with Gasteiger partial charge in [-0.2, -0.15) is 0 Å². The Morgan fingerprint density at radius 2 is 1.94 bits per heavy atom. The highest BCUT2D eigenvalue weighted by Crippen LogP contribution is 2.28. The van der Waals surface area contributed by atoms with Gasteiger partial charge in [-0.3, -0.25) is 4.79 Å². The molecule has 1 amide bonds. The van der Waals surface area contributed by atoms with Gasteiger partial charge in [0, 0.05) is 21.1 Å². The van der Waals surface area contributed by atoms with Crippen molar-refractivity contribution >= 4 is 37.0 Å². The first-order valence-corrected chi connectivity index (χ1v) is 8.01. The van der Waals surface area contributed by atoms with Crippen molar-refractivity contribution in [3.05, 3.63) is 15.8 Å². The van der Waals surface area contributed by atoms with E-state index < -0.39 is 9.05 Å². The minimum absolute atomic E-state index is 0.00299. The van der Waals surface area contributed by atoms with Crippen molar-refractivity contribution in [3.8, 4) is 0 Å². The Morgan fingerprint density at radius 3 is 2.29 bits per heavy atom. The van der Waals surface area contributed by atoms with Crippen molar-refractivity contribution < 1.29 is 13.2 Å². The van der Waals surface area contributed by atoms with Crippen molar-refractivity contribution in [1.29, 1.82) is 0 Å². The molecule has 0 atom stereocenters. The third-order valence-corrected chi connectivity index (χ3v) is 4.47. The van der Waals surface area contributed by atoms with E-state index in [2.05, 4.69) is 5.32 Å². The van der Waals surface area contributed by atoms with Crippen LogP contribution in [0.25, 0.3) is 0 Å². The van der Waals surface area contributed by atoms with Gasteiger partial charge in [-0.1, -0.05) is 0 Å². The number of amides is 1. The number of rotatable bonds is 2. The minimum atomic E-state index is -3.79. The molecule has 1 heterocycles. The molecule has 0 saturated heterocycles. The van der Waals surface area contributed by atoms with Crippen LogP contribution < -0.4 is 5.32 Å². The molecule has 96 valence electrons. The van der Waals surface area contributed by atoms with Crippen LogP contribution in [0.1, 0.15) is 35.3 Å². The molecular formula is C10H14ClNO3S2. The SMILES string of the molecule is Cc1sc(C(=O)NC(C)(C)C)cc1S(=O)(=O)Cl. The average Bonchev–Trinajstić information content (AvgIpc) is 2.42. The van der Waals surface area contributed by atoms with Gasteiger partial charge in [0.05, 0.1) is 9.77 Å². The predicted octanol–water partition coefficient (Wildman–Crippen LogP) is 2.51. The first-order chi connectivity index (χ1) is 7.50. The molecule has 4 nitrogen and oxygen atoms in total. The molecule has 1 N–H and O–H groups in total. The number of halogens is 1. The second-order valence-corrected chi connectivity index (χ2v) is 8.46. The van der Waals surface area contributed by atoms with E-state index in [-0.39, 0.29) is 16.3 Å². The summed E-state index contributed by atoms with van der Waals surface area (Å²) in [4.78, 5) is 12.7. The molecule has 0 aliphatic heterocycles. The monoisotopic (exact) mass is 295 g/mol. The van der Waals surface area contributed by atoms with E-state index in [1.807, 2.05) is 20.8 Å². The number of thiophene rings is 1. The summed E-state index contributed by atoms with van der Waals surface area (Å²) in [5.41, 5.74) is -0.366. The highest BCUT2D eigenvalue weighted by Gasteiger charge is 2.22. The first-order valence-electron chi connectivity index (χ1n) is 4.88. The van der Waals surface area contributed by atoms with E-state index >= 15 is 0 Å². The summed E-state index contributed by atoms with van der Waals surface area (Å²) >= 11 is 1.11. The van der Waals surface area contributed by atoms with Crippen molar-refractivity contribution in [2.24, 2.45) is 0 Å². The molecule has 0 spiro atoms. The van der Waals surface area contributed by atoms with Gasteiger partial charge in [0.1, 0.15) is 0 Å². The van der Waals surface area contributed by atoms with Crippen LogP contribution in [0.15, 0.2) is 11.0 Å². The zero-order chi connectivity index (χ0) is 13.4. The molecule has 0 bridgehead atoms. The third-order valence-electron chi connectivity index (χ3n) is 1.85. The Balaban J connectivity index is 3.07. The fourth-order valence-electron chi connectivity index (χ4n) is 1.22. The quantitative estimate of drug-likeness (QED) is 0.853. The molecule has 0 radical (unpaired) electrons. The minimum Gasteiger partial charge on any atom is -0.347 e. The summed E-state index contributed by atoms with van der Waals surface area (Å²) in [7, 11) is 1.47. The molecule has 1 rings (SSSR count). The van der Waals surface area contributed by atoms with Gasteiger partial charge in [0.2, 0.25) is 0 Å². The number of carbonyl (C=O) groups is 1. The molecule has 1 aromatic rings. The van der Waals surface area contributed by atoms with Crippen LogP contribution in [0.5, 0.6) is 0 Å². The Kier molecular flexibility index (Phi) is 3.91. The summed E-state index contributed by atoms with van der Waals surface area (Å²) in [6.07, 6.45) is 0. The van der Waals surface area contributed by atoms with Crippen LogP contribution in [0.3, 0.4) is 0 Å². The molecule has 0 aliphatic rings. The second kappa shape index (κ2) is 4.59. The van der Waals surface area contributed by atoms with E-state index in [1.165, 1.54) is 6.07 Å². The van der Waals surface area contributed by atoms with Crippen molar-refractivity contribution in [2.45, 2.75) is 38.1 Å². The van der Waals surface area contributed by atoms with Gasteiger partial charge >= 0.3 is 0 Å². The fourth-order valence-corrected chi connectivity index (χ4v) is 3.78. The molecule has 7 heteroatoms. The lowest BCUT2D eigenvalue weighted by Crippen LogP contribution is -2.40. The summed E-state index contributed by atoms with van der Waals surface area (Å²) in [5.74, 6) is -0.294. The smallest absolute Gasteiger partial charge is 0.262 e. The van der Waals surface area contributed by atoms with Crippen LogP contribution >= 0.6 is 22.0 Å². The summed E-state index contributed by atoms with van der Waals surface area (Å²) < 4.78 is 22.4. The van der Waals surface area contributed by atoms with Gasteiger partial charge in [-0.15, -0.1) is 11.3 Å². The molecule has 1 aromatic heterocycles. The first kappa shape index (κ1) is 14.5. The number of hydrogen-bond donors (Lipinski definition) is 1. The molecule has 0 aromatic carbocycles. The standard InChI is InChI=1S/C10H14ClNO3S2/c1-6-8(17(11,14)15)5-7(16-6)9(13)12-10(2,3)4/h5H,1-4H3,(H,12,13).